The average molecular weight is 166 g/mol. The van der Waals surface area contributed by atoms with Gasteiger partial charge in [-0.2, -0.15) is 0 Å². The summed E-state index contributed by atoms with van der Waals surface area (Å²) in [4.78, 5) is 0. The van der Waals surface area contributed by atoms with E-state index in [-0.39, 0.29) is 12.6 Å². The number of hydrogen-bond donors (Lipinski definition) is 3. The molecule has 0 heterocycles. The maximum absolute atomic E-state index is 8.98. The zero-order chi connectivity index (χ0) is 9.14. The van der Waals surface area contributed by atoms with E-state index in [0.717, 1.165) is 11.1 Å². The Morgan fingerprint density at radius 2 is 2.17 bits per heavy atom. The number of aliphatic hydroxyl groups excluding tert-OH is 1. The van der Waals surface area contributed by atoms with Gasteiger partial charge in [0.25, 0.3) is 0 Å². The molecule has 0 bridgehead atoms. The van der Waals surface area contributed by atoms with Crippen LogP contribution in [0.5, 0.6) is 0 Å². The van der Waals surface area contributed by atoms with E-state index in [0.29, 0.717) is 5.69 Å². The Balaban J connectivity index is 3.11. The van der Waals surface area contributed by atoms with Crippen molar-refractivity contribution in [2.24, 2.45) is 5.73 Å². The van der Waals surface area contributed by atoms with Crippen LogP contribution in [0.4, 0.5) is 5.69 Å². The molecule has 5 N–H and O–H groups in total. The van der Waals surface area contributed by atoms with Crippen LogP contribution < -0.4 is 11.5 Å². The van der Waals surface area contributed by atoms with Crippen molar-refractivity contribution in [1.29, 1.82) is 0 Å². The lowest BCUT2D eigenvalue weighted by molar-refractivity contribution is 0.280. The Labute approximate surface area is 72.0 Å². The number of hydrogen-bond acceptors (Lipinski definition) is 3. The van der Waals surface area contributed by atoms with Crippen LogP contribution in [0.3, 0.4) is 0 Å². The lowest BCUT2D eigenvalue weighted by Crippen LogP contribution is -2.08. The third-order valence-corrected chi connectivity index (χ3v) is 1.83. The molecule has 3 heteroatoms. The first-order chi connectivity index (χ1) is 5.65. The Bertz CT molecular complexity index is 271. The zero-order valence-electron chi connectivity index (χ0n) is 7.12. The van der Waals surface area contributed by atoms with E-state index >= 15 is 0 Å². The van der Waals surface area contributed by atoms with Crippen LogP contribution in [0.25, 0.3) is 0 Å². The highest BCUT2D eigenvalue weighted by Crippen LogP contribution is 2.18. The summed E-state index contributed by atoms with van der Waals surface area (Å²) in [6.07, 6.45) is 0. The molecule has 0 spiro atoms. The Morgan fingerprint density at radius 1 is 1.50 bits per heavy atom. The van der Waals surface area contributed by atoms with E-state index in [9.17, 15) is 0 Å². The summed E-state index contributed by atoms with van der Waals surface area (Å²) in [6.45, 7) is 1.87. The molecule has 0 saturated carbocycles. The van der Waals surface area contributed by atoms with Crippen LogP contribution >= 0.6 is 0 Å². The van der Waals surface area contributed by atoms with Gasteiger partial charge >= 0.3 is 0 Å². The lowest BCUT2D eigenvalue weighted by atomic mass is 10.0. The molecule has 0 aliphatic carbocycles. The molecule has 0 fully saturated rings. The number of benzene rings is 1. The number of rotatable bonds is 2. The first-order valence-corrected chi connectivity index (χ1v) is 3.90. The van der Waals surface area contributed by atoms with Gasteiger partial charge in [-0.3, -0.25) is 0 Å². The molecule has 0 aromatic heterocycles. The maximum Gasteiger partial charge on any atom is 0.0685 e. The summed E-state index contributed by atoms with van der Waals surface area (Å²) < 4.78 is 0. The van der Waals surface area contributed by atoms with Crippen LogP contribution in [0.1, 0.15) is 24.1 Å². The Kier molecular flexibility index (Phi) is 2.68. The van der Waals surface area contributed by atoms with Gasteiger partial charge in [-0.1, -0.05) is 6.07 Å². The topological polar surface area (TPSA) is 72.3 Å². The second-order valence-corrected chi connectivity index (χ2v) is 2.91. The highest BCUT2D eigenvalue weighted by Gasteiger charge is 2.05. The molecule has 1 rings (SSSR count). The van der Waals surface area contributed by atoms with Gasteiger partial charge in [-0.15, -0.1) is 0 Å². The molecule has 0 amide bonds. The van der Waals surface area contributed by atoms with Gasteiger partial charge in [0, 0.05) is 11.7 Å². The fourth-order valence-corrected chi connectivity index (χ4v) is 1.21. The summed E-state index contributed by atoms with van der Waals surface area (Å²) in [5.74, 6) is 0. The Morgan fingerprint density at radius 3 is 2.67 bits per heavy atom. The number of nitrogens with two attached hydrogens (primary N) is 2. The van der Waals surface area contributed by atoms with Crippen LogP contribution in [-0.4, -0.2) is 5.11 Å². The smallest absolute Gasteiger partial charge is 0.0685 e. The van der Waals surface area contributed by atoms with Crippen molar-refractivity contribution in [3.63, 3.8) is 0 Å². The molecule has 0 aliphatic rings. The second kappa shape index (κ2) is 3.56. The minimum atomic E-state index is -0.0623. The minimum Gasteiger partial charge on any atom is -0.399 e. The van der Waals surface area contributed by atoms with E-state index in [4.69, 9.17) is 16.6 Å². The SMILES string of the molecule is C[C@@H](N)c1ccc(N)cc1CO. The van der Waals surface area contributed by atoms with Crippen molar-refractivity contribution in [2.75, 3.05) is 5.73 Å². The highest BCUT2D eigenvalue weighted by atomic mass is 16.3. The maximum atomic E-state index is 8.98. The quantitative estimate of drug-likeness (QED) is 0.568. The molecular formula is C9H14N2O. The zero-order valence-corrected chi connectivity index (χ0v) is 7.12. The first kappa shape index (κ1) is 9.03. The first-order valence-electron chi connectivity index (χ1n) is 3.90. The summed E-state index contributed by atoms with van der Waals surface area (Å²) in [5, 5.41) is 8.98. The van der Waals surface area contributed by atoms with Gasteiger partial charge in [0.1, 0.15) is 0 Å². The fraction of sp³-hybridized carbons (Fsp3) is 0.333. The molecule has 0 radical (unpaired) electrons. The van der Waals surface area contributed by atoms with E-state index in [1.807, 2.05) is 13.0 Å². The van der Waals surface area contributed by atoms with Gasteiger partial charge in [0.15, 0.2) is 0 Å². The predicted octanol–water partition coefficient (Wildman–Crippen LogP) is 0.781. The van der Waals surface area contributed by atoms with Gasteiger partial charge in [0.05, 0.1) is 6.61 Å². The highest BCUT2D eigenvalue weighted by molar-refractivity contribution is 5.45. The third-order valence-electron chi connectivity index (χ3n) is 1.83. The fourth-order valence-electron chi connectivity index (χ4n) is 1.21. The van der Waals surface area contributed by atoms with Gasteiger partial charge in [-0.05, 0) is 30.2 Å². The monoisotopic (exact) mass is 166 g/mol. The normalized spacial score (nSPS) is 12.9. The van der Waals surface area contributed by atoms with Crippen LogP contribution in [0.2, 0.25) is 0 Å². The van der Waals surface area contributed by atoms with Gasteiger partial charge in [-0.25, -0.2) is 0 Å². The van der Waals surface area contributed by atoms with E-state index in [1.54, 1.807) is 12.1 Å². The number of nitrogen functional groups attached to an aromatic ring is 1. The van der Waals surface area contributed by atoms with Crippen LogP contribution in [-0.2, 0) is 6.61 Å². The summed E-state index contributed by atoms with van der Waals surface area (Å²) >= 11 is 0. The van der Waals surface area contributed by atoms with Crippen molar-refractivity contribution >= 4 is 5.69 Å². The molecule has 12 heavy (non-hydrogen) atoms. The molecule has 1 atom stereocenters. The van der Waals surface area contributed by atoms with Crippen molar-refractivity contribution in [1.82, 2.24) is 0 Å². The average Bonchev–Trinajstić information content (AvgIpc) is 2.03. The molecule has 0 saturated heterocycles. The van der Waals surface area contributed by atoms with Crippen molar-refractivity contribution in [3.05, 3.63) is 29.3 Å². The largest absolute Gasteiger partial charge is 0.399 e. The second-order valence-electron chi connectivity index (χ2n) is 2.91. The van der Waals surface area contributed by atoms with Gasteiger partial charge < -0.3 is 16.6 Å². The van der Waals surface area contributed by atoms with Crippen molar-refractivity contribution in [3.8, 4) is 0 Å². The van der Waals surface area contributed by atoms with Gasteiger partial charge in [0.2, 0.25) is 0 Å². The minimum absolute atomic E-state index is 0.0120. The van der Waals surface area contributed by atoms with Crippen LogP contribution in [0.15, 0.2) is 18.2 Å². The molecular weight excluding hydrogens is 152 g/mol. The molecule has 0 unspecified atom stereocenters. The lowest BCUT2D eigenvalue weighted by Gasteiger charge is -2.11. The molecule has 1 aromatic carbocycles. The Hall–Kier alpha value is -1.06. The van der Waals surface area contributed by atoms with Crippen molar-refractivity contribution in [2.45, 2.75) is 19.6 Å². The molecule has 3 nitrogen and oxygen atoms in total. The summed E-state index contributed by atoms with van der Waals surface area (Å²) in [6, 6.07) is 5.33. The van der Waals surface area contributed by atoms with Crippen molar-refractivity contribution < 1.29 is 5.11 Å². The molecule has 1 aromatic rings. The third kappa shape index (κ3) is 1.75. The van der Waals surface area contributed by atoms with E-state index < -0.39 is 0 Å². The standard InChI is InChI=1S/C9H14N2O/c1-6(10)9-3-2-8(11)4-7(9)5-12/h2-4,6,12H,5,10-11H2,1H3/t6-/m1/s1. The molecule has 0 aliphatic heterocycles. The summed E-state index contributed by atoms with van der Waals surface area (Å²) in [5.41, 5.74) is 13.7. The number of anilines is 1. The van der Waals surface area contributed by atoms with E-state index in [2.05, 4.69) is 0 Å². The van der Waals surface area contributed by atoms with Crippen LogP contribution in [0, 0.1) is 0 Å². The molecule has 66 valence electrons. The predicted molar refractivity (Wildman–Crippen MR) is 49.4 cm³/mol. The number of aliphatic hydroxyl groups is 1. The van der Waals surface area contributed by atoms with E-state index in [1.165, 1.54) is 0 Å². The summed E-state index contributed by atoms with van der Waals surface area (Å²) in [7, 11) is 0.